The molecule has 1 atom stereocenters. The highest BCUT2D eigenvalue weighted by atomic mass is 32.2. The van der Waals surface area contributed by atoms with E-state index in [9.17, 15) is 12.8 Å². The largest absolute Gasteiger partial charge is 0.350 e. The number of hydrogen-bond acceptors (Lipinski definition) is 6. The van der Waals surface area contributed by atoms with Crippen molar-refractivity contribution >= 4 is 27.8 Å². The molecule has 4 heterocycles. The summed E-state index contributed by atoms with van der Waals surface area (Å²) in [5, 5.41) is 8.58. The van der Waals surface area contributed by atoms with E-state index >= 15 is 0 Å². The zero-order valence-corrected chi connectivity index (χ0v) is 21.4. The molecule has 3 N–H and O–H groups in total. The summed E-state index contributed by atoms with van der Waals surface area (Å²) in [6, 6.07) is 15.4. The number of likely N-dealkylation sites (tertiary alicyclic amines) is 1. The van der Waals surface area contributed by atoms with Gasteiger partial charge in [0.05, 0.1) is 35.6 Å². The number of aromatic amines is 1. The molecule has 194 valence electrons. The van der Waals surface area contributed by atoms with Crippen LogP contribution in [0.5, 0.6) is 0 Å². The molecule has 3 aromatic heterocycles. The number of imidazole rings is 1. The van der Waals surface area contributed by atoms with Gasteiger partial charge >= 0.3 is 0 Å². The highest BCUT2D eigenvalue weighted by Gasteiger charge is 2.27. The fourth-order valence-electron chi connectivity index (χ4n) is 4.50. The highest BCUT2D eigenvalue weighted by Crippen LogP contribution is 2.32. The first kappa shape index (κ1) is 25.3. The second-order valence-corrected chi connectivity index (χ2v) is 10.8. The molecule has 1 aliphatic heterocycles. The number of nitrogens with zero attached hydrogens (tertiary/aromatic N) is 4. The molecule has 11 heteroatoms. The van der Waals surface area contributed by atoms with Crippen molar-refractivity contribution in [2.24, 2.45) is 0 Å². The Balaban J connectivity index is 1.31. The van der Waals surface area contributed by atoms with E-state index < -0.39 is 10.0 Å². The summed E-state index contributed by atoms with van der Waals surface area (Å²) in [6.07, 6.45) is 9.50. The van der Waals surface area contributed by atoms with E-state index in [4.69, 9.17) is 10.4 Å². The second kappa shape index (κ2) is 10.5. The van der Waals surface area contributed by atoms with Crippen molar-refractivity contribution in [3.05, 3.63) is 90.3 Å². The van der Waals surface area contributed by atoms with Crippen molar-refractivity contribution in [3.8, 4) is 22.6 Å². The lowest BCUT2D eigenvalue weighted by molar-refractivity contribution is 0.399. The van der Waals surface area contributed by atoms with Gasteiger partial charge in [0.2, 0.25) is 10.0 Å². The summed E-state index contributed by atoms with van der Waals surface area (Å²) in [5.41, 5.74) is 3.58. The van der Waals surface area contributed by atoms with Crippen LogP contribution < -0.4 is 4.72 Å². The molecule has 0 spiro atoms. The third kappa shape index (κ3) is 5.94. The lowest BCUT2D eigenvalue weighted by Crippen LogP contribution is -2.28. The average molecular weight is 532 g/mol. The van der Waals surface area contributed by atoms with E-state index in [2.05, 4.69) is 19.7 Å². The van der Waals surface area contributed by atoms with E-state index in [1.165, 1.54) is 18.3 Å². The highest BCUT2D eigenvalue weighted by molar-refractivity contribution is 7.92. The van der Waals surface area contributed by atoms with Crippen molar-refractivity contribution < 1.29 is 12.8 Å². The Morgan fingerprint density at radius 3 is 2.79 bits per heavy atom. The summed E-state index contributed by atoms with van der Waals surface area (Å²) in [5.74, 6) is 0.853. The van der Waals surface area contributed by atoms with Gasteiger partial charge in [0.1, 0.15) is 23.3 Å². The van der Waals surface area contributed by atoms with Crippen LogP contribution in [0.2, 0.25) is 0 Å². The molecule has 38 heavy (non-hydrogen) atoms. The minimum absolute atomic E-state index is 0.0247. The molecule has 1 saturated heterocycles. The third-order valence-electron chi connectivity index (χ3n) is 6.16. The van der Waals surface area contributed by atoms with Crippen LogP contribution in [-0.2, 0) is 10.0 Å². The fraction of sp³-hybridized carbons (Fsp3) is 0.185. The molecule has 0 unspecified atom stereocenters. The van der Waals surface area contributed by atoms with Gasteiger partial charge < -0.3 is 9.88 Å². The minimum Gasteiger partial charge on any atom is -0.350 e. The van der Waals surface area contributed by atoms with Crippen LogP contribution >= 0.6 is 0 Å². The molecule has 4 aromatic rings. The topological polar surface area (TPSA) is 128 Å². The molecule has 0 aliphatic carbocycles. The molecular formula is C27H26FN7O2S. The van der Waals surface area contributed by atoms with E-state index in [1.54, 1.807) is 36.5 Å². The van der Waals surface area contributed by atoms with Gasteiger partial charge in [0, 0.05) is 18.3 Å². The third-order valence-corrected chi connectivity index (χ3v) is 6.74. The van der Waals surface area contributed by atoms with Gasteiger partial charge in [0.25, 0.3) is 0 Å². The Hall–Kier alpha value is -4.38. The second-order valence-electron chi connectivity index (χ2n) is 9.02. The summed E-state index contributed by atoms with van der Waals surface area (Å²) in [6.45, 7) is 0.737. The summed E-state index contributed by atoms with van der Waals surface area (Å²) in [7, 11) is -3.45. The molecule has 5 rings (SSSR count). The van der Waals surface area contributed by atoms with Gasteiger partial charge in [-0.05, 0) is 67.0 Å². The van der Waals surface area contributed by atoms with Crippen LogP contribution in [0.25, 0.3) is 28.7 Å². The maximum absolute atomic E-state index is 13.7. The van der Waals surface area contributed by atoms with Gasteiger partial charge in [-0.25, -0.2) is 27.8 Å². The number of H-pyrrole nitrogens is 1. The van der Waals surface area contributed by atoms with E-state index in [0.717, 1.165) is 31.2 Å². The standard InChI is InChI=1S/C27H26FN7O2S/c1-38(36,37)34-27-16-18(12-13-30-27)21-7-3-8-22(32-21)23-17-31-26(33-23)11-10-25(29)35-14-4-9-24(35)19-5-2-6-20(28)15-19/h2-3,5-8,10-13,15-17,24,29H,4,9,14H2,1H3,(H,30,34)(H,31,33)/b11-10-,29-25?/t24-/m1/s1. The number of amidine groups is 1. The molecular weight excluding hydrogens is 505 g/mol. The Bertz CT molecular complexity index is 1620. The van der Waals surface area contributed by atoms with Crippen molar-refractivity contribution in [1.82, 2.24) is 24.8 Å². The number of halogens is 1. The number of aromatic nitrogens is 4. The first-order valence-electron chi connectivity index (χ1n) is 12.0. The van der Waals surface area contributed by atoms with Crippen LogP contribution in [0.15, 0.2) is 73.1 Å². The lowest BCUT2D eigenvalue weighted by atomic mass is 10.0. The van der Waals surface area contributed by atoms with E-state index in [1.807, 2.05) is 29.2 Å². The number of hydrogen-bond donors (Lipinski definition) is 3. The average Bonchev–Trinajstić information content (AvgIpc) is 3.57. The first-order chi connectivity index (χ1) is 18.2. The molecule has 1 fully saturated rings. The van der Waals surface area contributed by atoms with E-state index in [-0.39, 0.29) is 17.7 Å². The maximum Gasteiger partial charge on any atom is 0.230 e. The number of pyridine rings is 2. The van der Waals surface area contributed by atoms with Crippen molar-refractivity contribution in [1.29, 1.82) is 5.41 Å². The predicted octanol–water partition coefficient (Wildman–Crippen LogP) is 4.87. The molecule has 0 saturated carbocycles. The van der Waals surface area contributed by atoms with Crippen LogP contribution in [0.1, 0.15) is 30.3 Å². The summed E-state index contributed by atoms with van der Waals surface area (Å²) < 4.78 is 39.2. The number of anilines is 1. The minimum atomic E-state index is -3.45. The molecule has 1 aromatic carbocycles. The number of benzene rings is 1. The Morgan fingerprint density at radius 1 is 1.16 bits per heavy atom. The quantitative estimate of drug-likeness (QED) is 0.231. The van der Waals surface area contributed by atoms with Gasteiger partial charge in [-0.2, -0.15) is 0 Å². The van der Waals surface area contributed by atoms with Crippen LogP contribution in [0.3, 0.4) is 0 Å². The summed E-state index contributed by atoms with van der Waals surface area (Å²) >= 11 is 0. The zero-order chi connectivity index (χ0) is 26.7. The van der Waals surface area contributed by atoms with Gasteiger partial charge in [-0.3, -0.25) is 10.1 Å². The Kier molecular flexibility index (Phi) is 7.01. The van der Waals surface area contributed by atoms with Gasteiger partial charge in [0.15, 0.2) is 0 Å². The maximum atomic E-state index is 13.7. The number of sulfonamides is 1. The SMILES string of the molecule is CS(=O)(=O)Nc1cc(-c2cccc(-c3cnc(/C=C\C(=N)N4CCC[C@@H]4c4cccc(F)c4)[nH]3)n2)ccn1. The summed E-state index contributed by atoms with van der Waals surface area (Å²) in [4.78, 5) is 18.3. The van der Waals surface area contributed by atoms with Gasteiger partial charge in [-0.15, -0.1) is 0 Å². The number of rotatable bonds is 7. The van der Waals surface area contributed by atoms with E-state index in [0.29, 0.717) is 34.3 Å². The fourth-order valence-corrected chi connectivity index (χ4v) is 4.99. The lowest BCUT2D eigenvalue weighted by Gasteiger charge is -2.26. The molecule has 0 bridgehead atoms. The van der Waals surface area contributed by atoms with Crippen LogP contribution in [0, 0.1) is 11.2 Å². The molecule has 0 amide bonds. The van der Waals surface area contributed by atoms with Crippen LogP contribution in [-0.4, -0.2) is 51.9 Å². The normalized spacial score (nSPS) is 15.7. The Labute approximate surface area is 220 Å². The first-order valence-corrected chi connectivity index (χ1v) is 13.9. The molecule has 1 aliphatic rings. The molecule has 9 nitrogen and oxygen atoms in total. The smallest absolute Gasteiger partial charge is 0.230 e. The monoisotopic (exact) mass is 531 g/mol. The van der Waals surface area contributed by atoms with Crippen molar-refractivity contribution in [2.45, 2.75) is 18.9 Å². The predicted molar refractivity (Wildman–Crippen MR) is 145 cm³/mol. The Morgan fingerprint density at radius 2 is 1.97 bits per heavy atom. The zero-order valence-electron chi connectivity index (χ0n) is 20.6. The van der Waals surface area contributed by atoms with Crippen LogP contribution in [0.4, 0.5) is 10.2 Å². The van der Waals surface area contributed by atoms with Gasteiger partial charge in [-0.1, -0.05) is 18.2 Å². The molecule has 0 radical (unpaired) electrons. The number of nitrogens with one attached hydrogen (secondary N) is 3. The van der Waals surface area contributed by atoms with Crippen molar-refractivity contribution in [2.75, 3.05) is 17.5 Å². The van der Waals surface area contributed by atoms with Crippen molar-refractivity contribution in [3.63, 3.8) is 0 Å².